The van der Waals surface area contributed by atoms with Gasteiger partial charge in [0.05, 0.1) is 12.1 Å². The fraction of sp³-hybridized carbons (Fsp3) is 0.571. The zero-order valence-corrected chi connectivity index (χ0v) is 13.4. The van der Waals surface area contributed by atoms with E-state index in [1.807, 2.05) is 0 Å². The molecule has 0 radical (unpaired) electrons. The molecule has 11 heteroatoms. The molecule has 0 heterocycles. The Morgan fingerprint density at radius 2 is 1.56 bits per heavy atom. The molecule has 0 saturated carbocycles. The lowest BCUT2D eigenvalue weighted by molar-refractivity contribution is -0.178. The van der Waals surface area contributed by atoms with Crippen molar-refractivity contribution in [1.82, 2.24) is 10.6 Å². The lowest BCUT2D eigenvalue weighted by Crippen LogP contribution is -2.62. The molecule has 25 heavy (non-hydrogen) atoms. The summed E-state index contributed by atoms with van der Waals surface area (Å²) in [6.07, 6.45) is -3.16. The summed E-state index contributed by atoms with van der Waals surface area (Å²) in [6, 6.07) is 3.15. The zero-order chi connectivity index (χ0) is 19.5. The number of carbonyl (C=O) groups is 4. The Kier molecular flexibility index (Phi) is 9.22. The van der Waals surface area contributed by atoms with E-state index in [1.165, 1.54) is 0 Å². The SMILES string of the molecule is CC(NC(=O)CC#N)(NC(=O)CC#N)OC(CCCC(=O)O)C(=O)O. The van der Waals surface area contributed by atoms with Crippen LogP contribution >= 0.6 is 0 Å². The topological polar surface area (TPSA) is 190 Å². The molecule has 1 atom stereocenters. The fourth-order valence-electron chi connectivity index (χ4n) is 1.81. The maximum atomic E-state index is 11.6. The number of ether oxygens (including phenoxy) is 1. The van der Waals surface area contributed by atoms with Crippen LogP contribution in [0.1, 0.15) is 39.0 Å². The van der Waals surface area contributed by atoms with Crippen molar-refractivity contribution in [3.8, 4) is 12.1 Å². The van der Waals surface area contributed by atoms with E-state index in [1.54, 1.807) is 12.1 Å². The summed E-state index contributed by atoms with van der Waals surface area (Å²) in [4.78, 5) is 45.0. The molecule has 0 aromatic rings. The predicted octanol–water partition coefficient (Wildman–Crippen LogP) is -0.555. The Hall–Kier alpha value is -3.18. The van der Waals surface area contributed by atoms with E-state index in [9.17, 15) is 24.3 Å². The van der Waals surface area contributed by atoms with Crippen molar-refractivity contribution in [3.63, 3.8) is 0 Å². The van der Waals surface area contributed by atoms with E-state index >= 15 is 0 Å². The third-order valence-corrected chi connectivity index (χ3v) is 2.75. The molecule has 2 amide bonds. The van der Waals surface area contributed by atoms with E-state index in [4.69, 9.17) is 20.4 Å². The highest BCUT2D eigenvalue weighted by molar-refractivity contribution is 5.82. The normalized spacial score (nSPS) is 11.5. The van der Waals surface area contributed by atoms with Gasteiger partial charge in [0.15, 0.2) is 6.10 Å². The number of carbonyl (C=O) groups excluding carboxylic acids is 2. The summed E-state index contributed by atoms with van der Waals surface area (Å²) >= 11 is 0. The number of nitriles is 2. The van der Waals surface area contributed by atoms with Crippen molar-refractivity contribution in [2.45, 2.75) is 51.0 Å². The Morgan fingerprint density at radius 1 is 1.08 bits per heavy atom. The van der Waals surface area contributed by atoms with Crippen LogP contribution in [0.25, 0.3) is 0 Å². The molecule has 0 aromatic carbocycles. The Morgan fingerprint density at radius 3 is 1.92 bits per heavy atom. The summed E-state index contributed by atoms with van der Waals surface area (Å²) in [5.41, 5.74) is 0. The number of rotatable bonds is 11. The average molecular weight is 354 g/mol. The second-order valence-electron chi connectivity index (χ2n) is 5.03. The summed E-state index contributed by atoms with van der Waals surface area (Å²) in [6.45, 7) is 1.14. The second-order valence-corrected chi connectivity index (χ2v) is 5.03. The summed E-state index contributed by atoms with van der Waals surface area (Å²) < 4.78 is 5.24. The second kappa shape index (κ2) is 10.6. The first kappa shape index (κ1) is 21.8. The van der Waals surface area contributed by atoms with Gasteiger partial charge in [0, 0.05) is 13.3 Å². The van der Waals surface area contributed by atoms with Crippen molar-refractivity contribution in [3.05, 3.63) is 0 Å². The van der Waals surface area contributed by atoms with Gasteiger partial charge in [-0.15, -0.1) is 0 Å². The fourth-order valence-corrected chi connectivity index (χ4v) is 1.81. The van der Waals surface area contributed by atoms with Gasteiger partial charge in [-0.2, -0.15) is 10.5 Å². The predicted molar refractivity (Wildman–Crippen MR) is 79.1 cm³/mol. The Bertz CT molecular complexity index is 575. The van der Waals surface area contributed by atoms with Gasteiger partial charge in [-0.25, -0.2) is 4.79 Å². The standard InChI is InChI=1S/C14H18N4O7/c1-14(17-10(19)5-7-15,18-11(20)6-8-16)25-9(13(23)24)3-2-4-12(21)22/h9H,2-6H2,1H3,(H,17,19)(H,18,20)(H,21,22)(H,23,24). The maximum Gasteiger partial charge on any atom is 0.333 e. The van der Waals surface area contributed by atoms with Crippen LogP contribution < -0.4 is 10.6 Å². The van der Waals surface area contributed by atoms with Crippen molar-refractivity contribution in [2.75, 3.05) is 0 Å². The highest BCUT2D eigenvalue weighted by Gasteiger charge is 2.35. The van der Waals surface area contributed by atoms with E-state index in [0.29, 0.717) is 0 Å². The third-order valence-electron chi connectivity index (χ3n) is 2.75. The van der Waals surface area contributed by atoms with Crippen molar-refractivity contribution in [2.24, 2.45) is 0 Å². The van der Waals surface area contributed by atoms with Gasteiger partial charge in [0.25, 0.3) is 0 Å². The molecule has 0 spiro atoms. The number of nitrogens with one attached hydrogen (secondary N) is 2. The maximum absolute atomic E-state index is 11.6. The van der Waals surface area contributed by atoms with Gasteiger partial charge in [-0.3, -0.25) is 14.4 Å². The minimum Gasteiger partial charge on any atom is -0.481 e. The third kappa shape index (κ3) is 9.53. The van der Waals surface area contributed by atoms with E-state index in [0.717, 1.165) is 6.92 Å². The minimum atomic E-state index is -1.99. The van der Waals surface area contributed by atoms with Crippen LogP contribution in [0.4, 0.5) is 0 Å². The first-order chi connectivity index (χ1) is 11.6. The van der Waals surface area contributed by atoms with Gasteiger partial charge in [0.2, 0.25) is 17.7 Å². The molecule has 0 bridgehead atoms. The molecule has 0 aromatic heterocycles. The van der Waals surface area contributed by atoms with Gasteiger partial charge in [-0.1, -0.05) is 0 Å². The first-order valence-electron chi connectivity index (χ1n) is 7.12. The molecule has 0 aliphatic rings. The number of carboxylic acids is 2. The number of aliphatic carboxylic acids is 2. The number of nitrogens with zero attached hydrogens (tertiary/aromatic N) is 2. The smallest absolute Gasteiger partial charge is 0.333 e. The summed E-state index contributed by atoms with van der Waals surface area (Å²) in [5.74, 6) is -6.21. The minimum absolute atomic E-state index is 0.0132. The lowest BCUT2D eigenvalue weighted by atomic mass is 10.1. The molecule has 136 valence electrons. The summed E-state index contributed by atoms with van der Waals surface area (Å²) in [7, 11) is 0. The average Bonchev–Trinajstić information content (AvgIpc) is 2.45. The van der Waals surface area contributed by atoms with Crippen LogP contribution in [0.2, 0.25) is 0 Å². The Balaban J connectivity index is 5.19. The number of hydrogen-bond acceptors (Lipinski definition) is 7. The molecular weight excluding hydrogens is 336 g/mol. The van der Waals surface area contributed by atoms with E-state index < -0.39 is 48.5 Å². The molecule has 1 unspecified atom stereocenters. The molecule has 11 nitrogen and oxygen atoms in total. The highest BCUT2D eigenvalue weighted by atomic mass is 16.6. The molecule has 0 aliphatic heterocycles. The molecule has 0 fully saturated rings. The lowest BCUT2D eigenvalue weighted by Gasteiger charge is -2.33. The van der Waals surface area contributed by atoms with Crippen molar-refractivity contribution < 1.29 is 34.1 Å². The van der Waals surface area contributed by atoms with Crippen LogP contribution in [-0.2, 0) is 23.9 Å². The van der Waals surface area contributed by atoms with Gasteiger partial charge in [-0.05, 0) is 12.8 Å². The number of carboxylic acid groups (broad SMARTS) is 2. The monoisotopic (exact) mass is 354 g/mol. The molecule has 0 aliphatic carbocycles. The highest BCUT2D eigenvalue weighted by Crippen LogP contribution is 2.14. The number of amides is 2. The van der Waals surface area contributed by atoms with Gasteiger partial charge >= 0.3 is 11.9 Å². The quantitative estimate of drug-likeness (QED) is 0.352. The van der Waals surface area contributed by atoms with Crippen LogP contribution in [0.3, 0.4) is 0 Å². The van der Waals surface area contributed by atoms with Crippen LogP contribution in [0.15, 0.2) is 0 Å². The van der Waals surface area contributed by atoms with Crippen LogP contribution in [0, 0.1) is 22.7 Å². The van der Waals surface area contributed by atoms with E-state index in [-0.39, 0.29) is 19.3 Å². The molecule has 0 rings (SSSR count). The molecule has 4 N–H and O–H groups in total. The first-order valence-corrected chi connectivity index (χ1v) is 7.12. The van der Waals surface area contributed by atoms with Crippen LogP contribution in [0.5, 0.6) is 0 Å². The zero-order valence-electron chi connectivity index (χ0n) is 13.4. The van der Waals surface area contributed by atoms with Gasteiger partial charge in [0.1, 0.15) is 12.8 Å². The molecule has 0 saturated heterocycles. The van der Waals surface area contributed by atoms with E-state index in [2.05, 4.69) is 10.6 Å². The largest absolute Gasteiger partial charge is 0.481 e. The summed E-state index contributed by atoms with van der Waals surface area (Å²) in [5, 5.41) is 39.1. The van der Waals surface area contributed by atoms with Crippen LogP contribution in [-0.4, -0.2) is 45.9 Å². The van der Waals surface area contributed by atoms with Gasteiger partial charge < -0.3 is 25.6 Å². The van der Waals surface area contributed by atoms with Crippen molar-refractivity contribution >= 4 is 23.8 Å². The Labute approximate surface area is 143 Å². The number of hydrogen-bond donors (Lipinski definition) is 4. The molecular formula is C14H18N4O7. The van der Waals surface area contributed by atoms with Crippen molar-refractivity contribution in [1.29, 1.82) is 10.5 Å².